The number of rotatable bonds is 7. The van der Waals surface area contributed by atoms with Crippen molar-refractivity contribution in [2.45, 2.75) is 0 Å². The third-order valence-electron chi connectivity index (χ3n) is 12.1. The van der Waals surface area contributed by atoms with Crippen LogP contribution in [0.1, 0.15) is 0 Å². The molecule has 4 heteroatoms. The van der Waals surface area contributed by atoms with Crippen molar-refractivity contribution in [3.05, 3.63) is 219 Å². The summed E-state index contributed by atoms with van der Waals surface area (Å²) in [5.74, 6) is 0. The minimum absolute atomic E-state index is 1.04. The van der Waals surface area contributed by atoms with Gasteiger partial charge in [-0.05, 0) is 126 Å². The number of benzene rings is 10. The van der Waals surface area contributed by atoms with Crippen molar-refractivity contribution in [3.8, 4) is 11.1 Å². The molecule has 0 radical (unpaired) electrons. The van der Waals surface area contributed by atoms with E-state index in [9.17, 15) is 0 Å². The lowest BCUT2D eigenvalue weighted by molar-refractivity contribution is 1.23. The molecule has 0 aliphatic heterocycles. The number of aromatic nitrogens is 2. The number of hydrogen-bond acceptors (Lipinski definition) is 4. The van der Waals surface area contributed by atoms with E-state index in [1.54, 1.807) is 0 Å². The first-order chi connectivity index (χ1) is 29.8. The molecule has 280 valence electrons. The molecule has 0 amide bonds. The first-order valence-corrected chi connectivity index (χ1v) is 20.4. The monoisotopic (exact) mass is 764 g/mol. The highest BCUT2D eigenvalue weighted by molar-refractivity contribution is 6.28. The molecule has 0 saturated carbocycles. The lowest BCUT2D eigenvalue weighted by Gasteiger charge is -2.28. The molecule has 2 heterocycles. The highest BCUT2D eigenvalue weighted by Crippen LogP contribution is 2.48. The topological polar surface area (TPSA) is 32.3 Å². The molecule has 0 saturated heterocycles. The van der Waals surface area contributed by atoms with Crippen LogP contribution in [-0.4, -0.2) is 9.97 Å². The van der Waals surface area contributed by atoms with Gasteiger partial charge in [-0.15, -0.1) is 0 Å². The number of anilines is 6. The lowest BCUT2D eigenvalue weighted by Crippen LogP contribution is -2.11. The molecule has 60 heavy (non-hydrogen) atoms. The van der Waals surface area contributed by atoms with Crippen LogP contribution < -0.4 is 9.80 Å². The van der Waals surface area contributed by atoms with E-state index >= 15 is 0 Å². The Labute approximate surface area is 347 Å². The molecule has 0 aliphatic carbocycles. The van der Waals surface area contributed by atoms with Gasteiger partial charge in [0.25, 0.3) is 0 Å². The van der Waals surface area contributed by atoms with E-state index in [4.69, 9.17) is 0 Å². The second-order valence-electron chi connectivity index (χ2n) is 15.4. The molecule has 12 aromatic rings. The van der Waals surface area contributed by atoms with Gasteiger partial charge in [0.2, 0.25) is 0 Å². The number of hydrogen-bond donors (Lipinski definition) is 0. The van der Waals surface area contributed by atoms with Crippen LogP contribution in [0.4, 0.5) is 34.1 Å². The average molecular weight is 765 g/mol. The molecule has 0 unspecified atom stereocenters. The molecule has 0 atom stereocenters. The van der Waals surface area contributed by atoms with E-state index in [2.05, 4.69) is 214 Å². The Morgan fingerprint density at radius 1 is 0.267 bits per heavy atom. The first kappa shape index (κ1) is 34.0. The number of nitrogens with zero attached hydrogens (tertiary/aromatic N) is 4. The standard InChI is InChI=1S/C56H36N4/c1-3-9-41-35-45(19-13-37(41)7-1)60(46-20-14-38-8-2-4-10-42(38)36-46)53-26-24-48(47-11-5-6-12-50(47)53)49-21-15-39-17-23-52-54(25-18-40-16-22-51(49)55(39)56(40)52)59(43-27-31-57-32-28-43)44-29-33-58-34-30-44/h1-36H. The summed E-state index contributed by atoms with van der Waals surface area (Å²) in [5.41, 5.74) is 8.99. The van der Waals surface area contributed by atoms with E-state index in [0.29, 0.717) is 0 Å². The minimum Gasteiger partial charge on any atom is -0.310 e. The van der Waals surface area contributed by atoms with Crippen LogP contribution in [-0.2, 0) is 0 Å². The Morgan fingerprint density at radius 3 is 1.32 bits per heavy atom. The summed E-state index contributed by atoms with van der Waals surface area (Å²) in [5, 5.41) is 14.7. The Kier molecular flexibility index (Phi) is 7.82. The maximum Gasteiger partial charge on any atom is 0.0540 e. The predicted molar refractivity (Wildman–Crippen MR) is 253 cm³/mol. The lowest BCUT2D eigenvalue weighted by atomic mass is 9.87. The third-order valence-corrected chi connectivity index (χ3v) is 12.1. The second-order valence-corrected chi connectivity index (χ2v) is 15.4. The molecule has 0 N–H and O–H groups in total. The van der Waals surface area contributed by atoms with Crippen LogP contribution in [0.5, 0.6) is 0 Å². The van der Waals surface area contributed by atoms with Crippen molar-refractivity contribution in [2.24, 2.45) is 0 Å². The van der Waals surface area contributed by atoms with Gasteiger partial charge in [0.15, 0.2) is 0 Å². The Morgan fingerprint density at radius 2 is 0.683 bits per heavy atom. The molecule has 2 aromatic heterocycles. The van der Waals surface area contributed by atoms with Crippen LogP contribution in [0, 0.1) is 0 Å². The summed E-state index contributed by atoms with van der Waals surface area (Å²) in [4.78, 5) is 13.4. The summed E-state index contributed by atoms with van der Waals surface area (Å²) in [6.45, 7) is 0. The fraction of sp³-hybridized carbons (Fsp3) is 0. The quantitative estimate of drug-likeness (QED) is 0.151. The molecule has 0 spiro atoms. The molecular weight excluding hydrogens is 729 g/mol. The van der Waals surface area contributed by atoms with Crippen LogP contribution in [0.2, 0.25) is 0 Å². The zero-order valence-electron chi connectivity index (χ0n) is 32.6. The molecule has 0 aliphatic rings. The van der Waals surface area contributed by atoms with Crippen LogP contribution in [0.25, 0.3) is 75.8 Å². The van der Waals surface area contributed by atoms with E-state index < -0.39 is 0 Å². The maximum absolute atomic E-state index is 4.33. The Hall–Kier alpha value is -8.08. The van der Waals surface area contributed by atoms with Gasteiger partial charge in [-0.1, -0.05) is 133 Å². The van der Waals surface area contributed by atoms with Crippen LogP contribution in [0.15, 0.2) is 219 Å². The van der Waals surface area contributed by atoms with E-state index in [1.807, 2.05) is 24.8 Å². The highest BCUT2D eigenvalue weighted by Gasteiger charge is 2.22. The van der Waals surface area contributed by atoms with Gasteiger partial charge in [0, 0.05) is 58.3 Å². The summed E-state index contributed by atoms with van der Waals surface area (Å²) < 4.78 is 0. The zero-order chi connectivity index (χ0) is 39.6. The van der Waals surface area contributed by atoms with Crippen molar-refractivity contribution < 1.29 is 0 Å². The van der Waals surface area contributed by atoms with Gasteiger partial charge in [-0.3, -0.25) is 9.97 Å². The largest absolute Gasteiger partial charge is 0.310 e. The van der Waals surface area contributed by atoms with Gasteiger partial charge in [-0.25, -0.2) is 0 Å². The van der Waals surface area contributed by atoms with Crippen molar-refractivity contribution in [2.75, 3.05) is 9.80 Å². The number of pyridine rings is 2. The average Bonchev–Trinajstić information content (AvgIpc) is 3.32. The van der Waals surface area contributed by atoms with Gasteiger partial charge < -0.3 is 9.80 Å². The minimum atomic E-state index is 1.04. The molecular formula is C56H36N4. The van der Waals surface area contributed by atoms with Crippen molar-refractivity contribution in [1.29, 1.82) is 0 Å². The van der Waals surface area contributed by atoms with Crippen molar-refractivity contribution in [1.82, 2.24) is 9.97 Å². The van der Waals surface area contributed by atoms with Gasteiger partial charge in [0.05, 0.1) is 11.4 Å². The summed E-state index contributed by atoms with van der Waals surface area (Å²) in [6.07, 6.45) is 7.41. The molecule has 0 fully saturated rings. The Balaban J connectivity index is 1.07. The molecule has 12 rings (SSSR count). The van der Waals surface area contributed by atoms with Gasteiger partial charge >= 0.3 is 0 Å². The SMILES string of the molecule is c1ccc2cc(N(c3ccc4ccccc4c3)c3ccc(-c4ccc5ccc6c(N(c7ccncc7)c7ccncc7)ccc7ccc4c5c76)c4ccccc34)ccc2c1. The molecule has 10 aromatic carbocycles. The summed E-state index contributed by atoms with van der Waals surface area (Å²) >= 11 is 0. The Bertz CT molecular complexity index is 3450. The maximum atomic E-state index is 4.33. The first-order valence-electron chi connectivity index (χ1n) is 20.4. The highest BCUT2D eigenvalue weighted by atomic mass is 15.2. The fourth-order valence-electron chi connectivity index (χ4n) is 9.40. The van der Waals surface area contributed by atoms with E-state index in [-0.39, 0.29) is 0 Å². The summed E-state index contributed by atoms with van der Waals surface area (Å²) in [6, 6.07) is 70.9. The molecule has 0 bridgehead atoms. The fourth-order valence-corrected chi connectivity index (χ4v) is 9.40. The van der Waals surface area contributed by atoms with Crippen LogP contribution >= 0.6 is 0 Å². The smallest absolute Gasteiger partial charge is 0.0540 e. The third kappa shape index (κ3) is 5.46. The predicted octanol–water partition coefficient (Wildman–Crippen LogP) is 15.4. The summed E-state index contributed by atoms with van der Waals surface area (Å²) in [7, 11) is 0. The van der Waals surface area contributed by atoms with Crippen molar-refractivity contribution >= 4 is 98.8 Å². The molecule has 4 nitrogen and oxygen atoms in total. The van der Waals surface area contributed by atoms with Gasteiger partial charge in [0.1, 0.15) is 0 Å². The zero-order valence-corrected chi connectivity index (χ0v) is 32.6. The second kappa shape index (κ2) is 13.8. The van der Waals surface area contributed by atoms with E-state index in [0.717, 1.165) is 34.1 Å². The van der Waals surface area contributed by atoms with Gasteiger partial charge in [-0.2, -0.15) is 0 Å². The normalized spacial score (nSPS) is 11.7. The number of fused-ring (bicyclic) bond motifs is 3. The van der Waals surface area contributed by atoms with Crippen LogP contribution in [0.3, 0.4) is 0 Å². The van der Waals surface area contributed by atoms with Crippen molar-refractivity contribution in [3.63, 3.8) is 0 Å². The van der Waals surface area contributed by atoms with E-state index in [1.165, 1.54) is 75.8 Å².